The SMILES string of the molecule is C=Cc1nn(SF)c2cc(F)cc(F)c12. The van der Waals surface area contributed by atoms with E-state index in [1.165, 1.54) is 6.08 Å². The minimum absolute atomic E-state index is 0.0508. The van der Waals surface area contributed by atoms with E-state index < -0.39 is 11.6 Å². The minimum Gasteiger partial charge on any atom is -0.207 e. The highest BCUT2D eigenvalue weighted by molar-refractivity contribution is 7.92. The second kappa shape index (κ2) is 3.62. The van der Waals surface area contributed by atoms with Gasteiger partial charge < -0.3 is 0 Å². The van der Waals surface area contributed by atoms with Crippen LogP contribution in [0.15, 0.2) is 18.7 Å². The maximum atomic E-state index is 13.4. The van der Waals surface area contributed by atoms with Crippen LogP contribution < -0.4 is 0 Å². The number of halogens is 3. The molecule has 1 aromatic carbocycles. The van der Waals surface area contributed by atoms with Crippen molar-refractivity contribution in [2.75, 3.05) is 0 Å². The van der Waals surface area contributed by atoms with Crippen molar-refractivity contribution in [2.24, 2.45) is 0 Å². The highest BCUT2D eigenvalue weighted by Crippen LogP contribution is 2.27. The van der Waals surface area contributed by atoms with E-state index in [0.717, 1.165) is 16.2 Å². The number of benzene rings is 1. The van der Waals surface area contributed by atoms with Gasteiger partial charge in [0, 0.05) is 12.1 Å². The van der Waals surface area contributed by atoms with E-state index in [-0.39, 0.29) is 28.9 Å². The van der Waals surface area contributed by atoms with E-state index in [1.807, 2.05) is 0 Å². The van der Waals surface area contributed by atoms with E-state index in [4.69, 9.17) is 0 Å². The third-order valence-corrected chi connectivity index (χ3v) is 2.36. The zero-order valence-corrected chi connectivity index (χ0v) is 8.19. The van der Waals surface area contributed by atoms with Crippen LogP contribution in [-0.2, 0) is 0 Å². The molecule has 6 heteroatoms. The van der Waals surface area contributed by atoms with Gasteiger partial charge in [-0.15, -0.1) is 3.89 Å². The van der Waals surface area contributed by atoms with E-state index in [0.29, 0.717) is 0 Å². The lowest BCUT2D eigenvalue weighted by Crippen LogP contribution is -1.86. The van der Waals surface area contributed by atoms with Crippen molar-refractivity contribution in [1.29, 1.82) is 0 Å². The van der Waals surface area contributed by atoms with Crippen molar-refractivity contribution in [3.8, 4) is 0 Å². The molecule has 0 radical (unpaired) electrons. The molecule has 0 fully saturated rings. The molecule has 2 rings (SSSR count). The van der Waals surface area contributed by atoms with Crippen LogP contribution in [0.3, 0.4) is 0 Å². The van der Waals surface area contributed by atoms with E-state index >= 15 is 0 Å². The van der Waals surface area contributed by atoms with Gasteiger partial charge >= 0.3 is 0 Å². The van der Waals surface area contributed by atoms with Gasteiger partial charge in [0.15, 0.2) is 12.3 Å². The molecule has 1 heterocycles. The summed E-state index contributed by atoms with van der Waals surface area (Å²) in [6.07, 6.45) is 1.29. The summed E-state index contributed by atoms with van der Waals surface area (Å²) in [7, 11) is 0. The summed E-state index contributed by atoms with van der Waals surface area (Å²) < 4.78 is 39.5. The Morgan fingerprint density at radius 2 is 2.13 bits per heavy atom. The van der Waals surface area contributed by atoms with Gasteiger partial charge in [-0.3, -0.25) is 0 Å². The first-order valence-electron chi connectivity index (χ1n) is 3.96. The molecule has 0 aliphatic rings. The number of fused-ring (bicyclic) bond motifs is 1. The summed E-state index contributed by atoms with van der Waals surface area (Å²) in [5.74, 6) is -1.55. The predicted octanol–water partition coefficient (Wildman–Crippen LogP) is 3.34. The summed E-state index contributed by atoms with van der Waals surface area (Å²) in [4.78, 5) is 0. The maximum absolute atomic E-state index is 13.4. The Labute approximate surface area is 87.8 Å². The average Bonchev–Trinajstić information content (AvgIpc) is 2.55. The minimum atomic E-state index is -0.778. The summed E-state index contributed by atoms with van der Waals surface area (Å²) >= 11 is -0.224. The zero-order chi connectivity index (χ0) is 11.0. The molecule has 0 unspecified atom stereocenters. The van der Waals surface area contributed by atoms with Gasteiger partial charge in [-0.25, -0.2) is 8.78 Å². The van der Waals surface area contributed by atoms with Crippen LogP contribution in [0.25, 0.3) is 17.0 Å². The second-order valence-electron chi connectivity index (χ2n) is 2.81. The first kappa shape index (κ1) is 10.1. The molecule has 0 aliphatic heterocycles. The lowest BCUT2D eigenvalue weighted by molar-refractivity contribution is 0.592. The van der Waals surface area contributed by atoms with Crippen molar-refractivity contribution in [3.63, 3.8) is 0 Å². The molecule has 0 saturated carbocycles. The average molecular weight is 230 g/mol. The van der Waals surface area contributed by atoms with Crippen molar-refractivity contribution < 1.29 is 12.7 Å². The van der Waals surface area contributed by atoms with Crippen molar-refractivity contribution in [1.82, 2.24) is 9.19 Å². The summed E-state index contributed by atoms with van der Waals surface area (Å²) in [5, 5.41) is 3.77. The van der Waals surface area contributed by atoms with Crippen LogP contribution in [-0.4, -0.2) is 9.19 Å². The fraction of sp³-hybridized carbons (Fsp3) is 0. The number of rotatable bonds is 2. The Bertz CT molecular complexity index is 536. The molecule has 1 aromatic heterocycles. The van der Waals surface area contributed by atoms with Crippen molar-refractivity contribution in [2.45, 2.75) is 0 Å². The first-order chi connectivity index (χ1) is 7.17. The van der Waals surface area contributed by atoms with Gasteiger partial charge in [-0.1, -0.05) is 6.58 Å². The monoisotopic (exact) mass is 230 g/mol. The van der Waals surface area contributed by atoms with Crippen LogP contribution in [0.2, 0.25) is 0 Å². The topological polar surface area (TPSA) is 17.8 Å². The zero-order valence-electron chi connectivity index (χ0n) is 7.38. The third kappa shape index (κ3) is 1.50. The molecule has 0 saturated heterocycles. The quantitative estimate of drug-likeness (QED) is 0.787. The highest BCUT2D eigenvalue weighted by atomic mass is 32.2. The molecule has 78 valence electrons. The summed E-state index contributed by atoms with van der Waals surface area (Å²) in [5.41, 5.74) is 0.238. The van der Waals surface area contributed by atoms with Gasteiger partial charge in [-0.2, -0.15) is 9.19 Å². The molecule has 0 spiro atoms. The number of aromatic nitrogens is 2. The molecule has 2 aromatic rings. The molecule has 0 atom stereocenters. The van der Waals surface area contributed by atoms with Crippen molar-refractivity contribution in [3.05, 3.63) is 36.0 Å². The largest absolute Gasteiger partial charge is 0.207 e. The molecule has 15 heavy (non-hydrogen) atoms. The Morgan fingerprint density at radius 3 is 2.73 bits per heavy atom. The van der Waals surface area contributed by atoms with Crippen molar-refractivity contribution >= 4 is 29.3 Å². The van der Waals surface area contributed by atoms with Crippen LogP contribution in [0.1, 0.15) is 5.69 Å². The van der Waals surface area contributed by atoms with E-state index in [2.05, 4.69) is 11.7 Å². The molecule has 0 bridgehead atoms. The molecule has 0 aliphatic carbocycles. The molecule has 0 amide bonds. The summed E-state index contributed by atoms with van der Waals surface area (Å²) in [6.45, 7) is 3.42. The maximum Gasteiger partial charge on any atom is 0.188 e. The molecule has 0 N–H and O–H groups in total. The van der Waals surface area contributed by atoms with Crippen LogP contribution >= 0.6 is 12.3 Å². The first-order valence-corrected chi connectivity index (χ1v) is 4.64. The fourth-order valence-corrected chi connectivity index (χ4v) is 1.70. The molecule has 2 nitrogen and oxygen atoms in total. The van der Waals surface area contributed by atoms with E-state index in [1.54, 1.807) is 0 Å². The summed E-state index contributed by atoms with van der Waals surface area (Å²) in [6, 6.07) is 1.75. The van der Waals surface area contributed by atoms with Crippen LogP contribution in [0.4, 0.5) is 12.7 Å². The van der Waals surface area contributed by atoms with Gasteiger partial charge in [0.1, 0.15) is 11.6 Å². The predicted molar refractivity (Wildman–Crippen MR) is 53.8 cm³/mol. The standard InChI is InChI=1S/C9H5F3N2S/c1-2-7-9-6(11)3-5(10)4-8(9)14(13-7)15-12/h2-4H,1H2. The van der Waals surface area contributed by atoms with Crippen LogP contribution in [0.5, 0.6) is 0 Å². The lowest BCUT2D eigenvalue weighted by atomic mass is 10.2. The highest BCUT2D eigenvalue weighted by Gasteiger charge is 2.14. The van der Waals surface area contributed by atoms with Crippen LogP contribution in [0, 0.1) is 11.6 Å². The normalized spacial score (nSPS) is 10.9. The second-order valence-corrected chi connectivity index (χ2v) is 3.30. The number of nitrogens with zero attached hydrogens (tertiary/aromatic N) is 2. The fourth-order valence-electron chi connectivity index (χ4n) is 1.36. The Morgan fingerprint density at radius 1 is 1.40 bits per heavy atom. The van der Waals surface area contributed by atoms with Gasteiger partial charge in [0.25, 0.3) is 0 Å². The van der Waals surface area contributed by atoms with Gasteiger partial charge in [0.2, 0.25) is 0 Å². The van der Waals surface area contributed by atoms with E-state index in [9.17, 15) is 12.7 Å². The Balaban J connectivity index is 2.91. The number of hydrogen-bond donors (Lipinski definition) is 0. The molecular formula is C9H5F3N2S. The lowest BCUT2D eigenvalue weighted by Gasteiger charge is -1.95. The molecular weight excluding hydrogens is 225 g/mol. The Kier molecular flexibility index (Phi) is 2.44. The third-order valence-electron chi connectivity index (χ3n) is 1.95. The van der Waals surface area contributed by atoms with Gasteiger partial charge in [-0.05, 0) is 6.08 Å². The van der Waals surface area contributed by atoms with Gasteiger partial charge in [0.05, 0.1) is 16.6 Å². The number of hydrogen-bond acceptors (Lipinski definition) is 2. The smallest absolute Gasteiger partial charge is 0.188 e. The Hall–Kier alpha value is -1.43.